The number of rotatable bonds is 10. The summed E-state index contributed by atoms with van der Waals surface area (Å²) in [7, 11) is 0. The number of benzene rings is 5. The van der Waals surface area contributed by atoms with E-state index in [0.29, 0.717) is 42.2 Å². The molecular formula is C38H30F3N3O3. The van der Waals surface area contributed by atoms with E-state index in [9.17, 15) is 18.0 Å². The van der Waals surface area contributed by atoms with E-state index in [0.717, 1.165) is 38.7 Å². The van der Waals surface area contributed by atoms with Gasteiger partial charge in [0.1, 0.15) is 6.61 Å². The van der Waals surface area contributed by atoms with Crippen molar-refractivity contribution in [2.24, 2.45) is 5.10 Å². The van der Waals surface area contributed by atoms with Crippen LogP contribution in [0.1, 0.15) is 29.2 Å². The Morgan fingerprint density at radius 2 is 1.62 bits per heavy atom. The minimum atomic E-state index is -4.57. The summed E-state index contributed by atoms with van der Waals surface area (Å²) in [5, 5.41) is 6.95. The van der Waals surface area contributed by atoms with Crippen LogP contribution in [0.3, 0.4) is 0 Å². The van der Waals surface area contributed by atoms with Crippen LogP contribution in [0, 0.1) is 0 Å². The smallest absolute Gasteiger partial charge is 0.416 e. The van der Waals surface area contributed by atoms with Gasteiger partial charge < -0.3 is 9.47 Å². The molecule has 0 unspecified atom stereocenters. The summed E-state index contributed by atoms with van der Waals surface area (Å²) in [6.45, 7) is 6.44. The Bertz CT molecular complexity index is 2180. The maximum Gasteiger partial charge on any atom is 0.416 e. The van der Waals surface area contributed by atoms with Crippen molar-refractivity contribution in [3.63, 3.8) is 0 Å². The van der Waals surface area contributed by atoms with Crippen LogP contribution in [0.5, 0.6) is 11.5 Å². The predicted molar refractivity (Wildman–Crippen MR) is 179 cm³/mol. The number of ether oxygens (including phenoxy) is 2. The van der Waals surface area contributed by atoms with E-state index in [1.807, 2.05) is 37.3 Å². The molecule has 0 amide bonds. The second-order valence-electron chi connectivity index (χ2n) is 10.8. The monoisotopic (exact) mass is 633 g/mol. The highest BCUT2D eigenvalue weighted by molar-refractivity contribution is 5.86. The van der Waals surface area contributed by atoms with E-state index in [-0.39, 0.29) is 16.8 Å². The first-order valence-electron chi connectivity index (χ1n) is 15.0. The molecule has 0 saturated heterocycles. The molecule has 1 aromatic heterocycles. The van der Waals surface area contributed by atoms with Crippen molar-refractivity contribution >= 4 is 27.9 Å². The third-order valence-electron chi connectivity index (χ3n) is 7.59. The van der Waals surface area contributed by atoms with E-state index in [2.05, 4.69) is 34.9 Å². The number of alkyl halides is 3. The van der Waals surface area contributed by atoms with Crippen LogP contribution in [-0.2, 0) is 19.2 Å². The molecule has 0 saturated carbocycles. The Labute approximate surface area is 269 Å². The van der Waals surface area contributed by atoms with Crippen molar-refractivity contribution in [3.8, 4) is 22.9 Å². The van der Waals surface area contributed by atoms with Gasteiger partial charge in [-0.3, -0.25) is 4.79 Å². The van der Waals surface area contributed by atoms with Crippen LogP contribution in [0.4, 0.5) is 13.2 Å². The SMILES string of the molecule is C=CCc1cc(C=Nn2c(-c3cccc(C(F)(F)F)c3)nc3ccccc3c2=O)cc(OCC)c1OCc1cccc2ccccc12. The largest absolute Gasteiger partial charge is 0.490 e. The molecule has 0 radical (unpaired) electrons. The fraction of sp³-hybridized carbons (Fsp3) is 0.132. The quantitative estimate of drug-likeness (QED) is 0.112. The topological polar surface area (TPSA) is 65.7 Å². The van der Waals surface area contributed by atoms with Crippen LogP contribution in [-0.4, -0.2) is 22.5 Å². The van der Waals surface area contributed by atoms with Gasteiger partial charge in [0.05, 0.1) is 29.3 Å². The lowest BCUT2D eigenvalue weighted by atomic mass is 10.0. The van der Waals surface area contributed by atoms with Gasteiger partial charge >= 0.3 is 6.18 Å². The van der Waals surface area contributed by atoms with Crippen molar-refractivity contribution in [1.29, 1.82) is 0 Å². The van der Waals surface area contributed by atoms with E-state index in [4.69, 9.17) is 9.47 Å². The van der Waals surface area contributed by atoms with Crippen molar-refractivity contribution in [3.05, 3.63) is 148 Å². The van der Waals surface area contributed by atoms with E-state index in [1.165, 1.54) is 18.3 Å². The average Bonchev–Trinajstić information content (AvgIpc) is 3.07. The van der Waals surface area contributed by atoms with Crippen LogP contribution in [0.15, 0.2) is 126 Å². The number of allylic oxidation sites excluding steroid dienone is 1. The zero-order valence-corrected chi connectivity index (χ0v) is 25.5. The van der Waals surface area contributed by atoms with Gasteiger partial charge in [-0.2, -0.15) is 22.9 Å². The maximum absolute atomic E-state index is 13.7. The molecule has 0 aliphatic heterocycles. The lowest BCUT2D eigenvalue weighted by Gasteiger charge is -2.17. The summed E-state index contributed by atoms with van der Waals surface area (Å²) < 4.78 is 54.2. The van der Waals surface area contributed by atoms with E-state index >= 15 is 0 Å². The zero-order valence-electron chi connectivity index (χ0n) is 25.5. The molecular weight excluding hydrogens is 603 g/mol. The van der Waals surface area contributed by atoms with Crippen LogP contribution in [0.25, 0.3) is 33.1 Å². The first kappa shape index (κ1) is 31.3. The van der Waals surface area contributed by atoms with Gasteiger partial charge in [0.15, 0.2) is 17.3 Å². The maximum atomic E-state index is 13.7. The Kier molecular flexibility index (Phi) is 8.88. The summed E-state index contributed by atoms with van der Waals surface area (Å²) >= 11 is 0. The molecule has 0 aliphatic carbocycles. The van der Waals surface area contributed by atoms with Gasteiger partial charge in [-0.15, -0.1) is 6.58 Å². The van der Waals surface area contributed by atoms with Gasteiger partial charge in [0, 0.05) is 11.1 Å². The van der Waals surface area contributed by atoms with Crippen LogP contribution >= 0.6 is 0 Å². The lowest BCUT2D eigenvalue weighted by Crippen LogP contribution is -2.20. The van der Waals surface area contributed by atoms with Gasteiger partial charge in [-0.05, 0) is 71.6 Å². The first-order valence-corrected chi connectivity index (χ1v) is 15.0. The fourth-order valence-electron chi connectivity index (χ4n) is 5.44. The van der Waals surface area contributed by atoms with Crippen molar-refractivity contribution in [2.45, 2.75) is 26.1 Å². The number of fused-ring (bicyclic) bond motifs is 2. The Hall–Kier alpha value is -5.70. The standard InChI is InChI=1S/C38H30F3N3O3/c1-3-11-27-20-25(21-34(46-4-2)35(27)47-24-29-15-9-13-26-12-5-6-17-31(26)29)23-42-44-36(28-14-10-16-30(22-28)38(39,40)41)43-33-19-8-7-18-32(33)37(44)45/h3,5-10,12-23H,1,4,11,24H2,2H3. The highest BCUT2D eigenvalue weighted by Crippen LogP contribution is 2.35. The normalized spacial score (nSPS) is 11.7. The van der Waals surface area contributed by atoms with Gasteiger partial charge in [0.2, 0.25) is 0 Å². The molecule has 0 bridgehead atoms. The molecule has 0 N–H and O–H groups in total. The number of hydrogen-bond donors (Lipinski definition) is 0. The average molecular weight is 634 g/mol. The van der Waals surface area contributed by atoms with Crippen LogP contribution < -0.4 is 15.0 Å². The highest BCUT2D eigenvalue weighted by Gasteiger charge is 2.31. The Balaban J connectivity index is 1.42. The lowest BCUT2D eigenvalue weighted by molar-refractivity contribution is -0.137. The van der Waals surface area contributed by atoms with E-state index < -0.39 is 17.3 Å². The van der Waals surface area contributed by atoms with Crippen molar-refractivity contribution < 1.29 is 22.6 Å². The third kappa shape index (κ3) is 6.65. The summed E-state index contributed by atoms with van der Waals surface area (Å²) in [6, 6.07) is 29.1. The third-order valence-corrected chi connectivity index (χ3v) is 7.59. The highest BCUT2D eigenvalue weighted by atomic mass is 19.4. The molecule has 47 heavy (non-hydrogen) atoms. The second kappa shape index (κ2) is 13.3. The van der Waals surface area contributed by atoms with Crippen LogP contribution in [0.2, 0.25) is 0 Å². The zero-order chi connectivity index (χ0) is 33.0. The summed E-state index contributed by atoms with van der Waals surface area (Å²) in [4.78, 5) is 18.2. The molecule has 9 heteroatoms. The minimum absolute atomic E-state index is 0.0255. The van der Waals surface area contributed by atoms with E-state index in [1.54, 1.807) is 36.4 Å². The molecule has 236 valence electrons. The Morgan fingerprint density at radius 3 is 2.40 bits per heavy atom. The molecule has 0 aliphatic rings. The number of nitrogens with zero attached hydrogens (tertiary/aromatic N) is 3. The second-order valence-corrected chi connectivity index (χ2v) is 10.8. The summed E-state index contributed by atoms with van der Waals surface area (Å²) in [5.74, 6) is 1.02. The molecule has 6 aromatic rings. The summed E-state index contributed by atoms with van der Waals surface area (Å²) in [6.07, 6.45) is -0.908. The summed E-state index contributed by atoms with van der Waals surface area (Å²) in [5.41, 5.74) is 1.45. The van der Waals surface area contributed by atoms with Crippen molar-refractivity contribution in [2.75, 3.05) is 6.61 Å². The fourth-order valence-corrected chi connectivity index (χ4v) is 5.44. The van der Waals surface area contributed by atoms with Crippen molar-refractivity contribution in [1.82, 2.24) is 9.66 Å². The molecule has 5 aromatic carbocycles. The molecule has 0 spiro atoms. The number of halogens is 3. The van der Waals surface area contributed by atoms with Gasteiger partial charge in [-0.25, -0.2) is 4.98 Å². The van der Waals surface area contributed by atoms with Gasteiger partial charge in [-0.1, -0.05) is 72.8 Å². The first-order chi connectivity index (χ1) is 22.8. The predicted octanol–water partition coefficient (Wildman–Crippen LogP) is 8.82. The molecule has 1 heterocycles. The number of para-hydroxylation sites is 1. The molecule has 6 rings (SSSR count). The molecule has 0 fully saturated rings. The minimum Gasteiger partial charge on any atom is -0.490 e. The number of aromatic nitrogens is 2. The van der Waals surface area contributed by atoms with Gasteiger partial charge in [0.25, 0.3) is 5.56 Å². The molecule has 0 atom stereocenters. The number of hydrogen-bond acceptors (Lipinski definition) is 5. The molecule has 6 nitrogen and oxygen atoms in total. The Morgan fingerprint density at radius 1 is 0.872 bits per heavy atom.